The minimum Gasteiger partial charge on any atom is -0.458 e. The first kappa shape index (κ1) is 9.46. The molecular formula is C11H15NO2. The molecule has 1 aliphatic rings. The third kappa shape index (κ3) is 1.73. The molecule has 0 amide bonds. The Hall–Kier alpha value is -1.09. The lowest BCUT2D eigenvalue weighted by Crippen LogP contribution is -2.18. The van der Waals surface area contributed by atoms with Crippen LogP contribution in [0.25, 0.3) is 0 Å². The molecule has 0 aliphatic heterocycles. The van der Waals surface area contributed by atoms with Crippen LogP contribution in [0.1, 0.15) is 40.6 Å². The van der Waals surface area contributed by atoms with Crippen LogP contribution < -0.4 is 5.32 Å². The molecule has 0 aromatic carbocycles. The molecule has 0 spiro atoms. The Bertz CT molecular complexity index is 350. The fourth-order valence-corrected chi connectivity index (χ4v) is 1.69. The van der Waals surface area contributed by atoms with Gasteiger partial charge in [0, 0.05) is 5.56 Å². The number of furan rings is 1. The summed E-state index contributed by atoms with van der Waals surface area (Å²) >= 11 is 0. The lowest BCUT2D eigenvalue weighted by molar-refractivity contribution is 0.0964. The standard InChI is InChI=1S/C11H15NO2/c1-7-5-9(8-3-4-8)11(14-7)10(13)6-12-2/h5,8,12H,3-4,6H2,1-2H3. The van der Waals surface area contributed by atoms with Gasteiger partial charge in [-0.05, 0) is 38.8 Å². The van der Waals surface area contributed by atoms with Gasteiger partial charge in [0.1, 0.15) is 5.76 Å². The highest BCUT2D eigenvalue weighted by atomic mass is 16.3. The Morgan fingerprint density at radius 2 is 2.36 bits per heavy atom. The maximum absolute atomic E-state index is 11.7. The quantitative estimate of drug-likeness (QED) is 0.742. The van der Waals surface area contributed by atoms with Crippen molar-refractivity contribution in [1.82, 2.24) is 5.32 Å². The molecule has 3 nitrogen and oxygen atoms in total. The third-order valence-corrected chi connectivity index (χ3v) is 2.49. The zero-order valence-corrected chi connectivity index (χ0v) is 8.59. The van der Waals surface area contributed by atoms with Crippen LogP contribution in [0.2, 0.25) is 0 Å². The fourth-order valence-electron chi connectivity index (χ4n) is 1.69. The van der Waals surface area contributed by atoms with Gasteiger partial charge >= 0.3 is 0 Å². The number of carbonyl (C=O) groups excluding carboxylic acids is 1. The van der Waals surface area contributed by atoms with Crippen LogP contribution >= 0.6 is 0 Å². The topological polar surface area (TPSA) is 42.2 Å². The van der Waals surface area contributed by atoms with E-state index in [1.54, 1.807) is 7.05 Å². The molecule has 1 aliphatic carbocycles. The highest BCUT2D eigenvalue weighted by Gasteiger charge is 2.30. The van der Waals surface area contributed by atoms with Gasteiger partial charge in [0.2, 0.25) is 5.78 Å². The zero-order valence-electron chi connectivity index (χ0n) is 8.59. The number of rotatable bonds is 4. The molecule has 1 saturated carbocycles. The van der Waals surface area contributed by atoms with Crippen LogP contribution in [0.4, 0.5) is 0 Å². The van der Waals surface area contributed by atoms with E-state index in [4.69, 9.17) is 4.42 Å². The Labute approximate surface area is 83.5 Å². The molecule has 0 unspecified atom stereocenters. The number of ketones is 1. The summed E-state index contributed by atoms with van der Waals surface area (Å²) in [6.07, 6.45) is 2.39. The van der Waals surface area contributed by atoms with Crippen molar-refractivity contribution in [3.63, 3.8) is 0 Å². The predicted octanol–water partition coefficient (Wildman–Crippen LogP) is 1.87. The average molecular weight is 193 g/mol. The van der Waals surface area contributed by atoms with Gasteiger partial charge in [-0.2, -0.15) is 0 Å². The monoisotopic (exact) mass is 193 g/mol. The zero-order chi connectivity index (χ0) is 10.1. The lowest BCUT2D eigenvalue weighted by Gasteiger charge is -1.98. The van der Waals surface area contributed by atoms with E-state index >= 15 is 0 Å². The van der Waals surface area contributed by atoms with Gasteiger partial charge in [-0.25, -0.2) is 0 Å². The smallest absolute Gasteiger partial charge is 0.211 e. The van der Waals surface area contributed by atoms with E-state index in [9.17, 15) is 4.79 Å². The summed E-state index contributed by atoms with van der Waals surface area (Å²) in [6.45, 7) is 2.24. The van der Waals surface area contributed by atoms with Crippen LogP contribution in [0, 0.1) is 6.92 Å². The van der Waals surface area contributed by atoms with E-state index < -0.39 is 0 Å². The van der Waals surface area contributed by atoms with Crippen molar-refractivity contribution in [3.8, 4) is 0 Å². The number of likely N-dealkylation sites (N-methyl/N-ethyl adjacent to an activating group) is 1. The Morgan fingerprint density at radius 1 is 1.64 bits per heavy atom. The number of hydrogen-bond acceptors (Lipinski definition) is 3. The summed E-state index contributed by atoms with van der Waals surface area (Å²) in [4.78, 5) is 11.7. The normalized spacial score (nSPS) is 15.9. The maximum atomic E-state index is 11.7. The minimum atomic E-state index is 0.0579. The molecule has 2 rings (SSSR count). The van der Waals surface area contributed by atoms with Gasteiger partial charge in [-0.3, -0.25) is 4.79 Å². The molecule has 1 aromatic heterocycles. The number of aryl methyl sites for hydroxylation is 1. The van der Waals surface area contributed by atoms with Gasteiger partial charge in [-0.15, -0.1) is 0 Å². The van der Waals surface area contributed by atoms with Crippen LogP contribution in [0.3, 0.4) is 0 Å². The SMILES string of the molecule is CNCC(=O)c1oc(C)cc1C1CC1. The summed E-state index contributed by atoms with van der Waals surface area (Å²) in [6, 6.07) is 2.00. The lowest BCUT2D eigenvalue weighted by atomic mass is 10.1. The van der Waals surface area contributed by atoms with Gasteiger partial charge in [-0.1, -0.05) is 0 Å². The molecule has 1 N–H and O–H groups in total. The maximum Gasteiger partial charge on any atom is 0.211 e. The van der Waals surface area contributed by atoms with E-state index in [2.05, 4.69) is 5.32 Å². The Kier molecular flexibility index (Phi) is 2.42. The average Bonchev–Trinajstić information content (AvgIpc) is 2.90. The van der Waals surface area contributed by atoms with Crippen molar-refractivity contribution < 1.29 is 9.21 Å². The van der Waals surface area contributed by atoms with Gasteiger partial charge in [0.05, 0.1) is 6.54 Å². The fraction of sp³-hybridized carbons (Fsp3) is 0.545. The minimum absolute atomic E-state index is 0.0579. The van der Waals surface area contributed by atoms with Crippen LogP contribution in [-0.2, 0) is 0 Å². The molecule has 3 heteroatoms. The number of Topliss-reactive ketones (excluding diaryl/α,β-unsaturated/α-hetero) is 1. The molecule has 1 aromatic rings. The van der Waals surface area contributed by atoms with E-state index in [0.717, 1.165) is 11.3 Å². The van der Waals surface area contributed by atoms with Crippen LogP contribution in [0.5, 0.6) is 0 Å². The van der Waals surface area contributed by atoms with E-state index in [1.807, 2.05) is 13.0 Å². The van der Waals surface area contributed by atoms with Crippen molar-refractivity contribution in [3.05, 3.63) is 23.2 Å². The molecule has 1 heterocycles. The number of nitrogens with one attached hydrogen (secondary N) is 1. The molecule has 0 radical (unpaired) electrons. The highest BCUT2D eigenvalue weighted by Crippen LogP contribution is 2.42. The molecule has 0 saturated heterocycles. The largest absolute Gasteiger partial charge is 0.458 e. The van der Waals surface area contributed by atoms with E-state index in [0.29, 0.717) is 18.2 Å². The van der Waals surface area contributed by atoms with Crippen molar-refractivity contribution in [2.24, 2.45) is 0 Å². The Morgan fingerprint density at radius 3 is 2.93 bits per heavy atom. The van der Waals surface area contributed by atoms with Gasteiger partial charge in [0.15, 0.2) is 5.76 Å². The summed E-state index contributed by atoms with van der Waals surface area (Å²) in [5.41, 5.74) is 1.11. The second-order valence-electron chi connectivity index (χ2n) is 3.87. The molecule has 14 heavy (non-hydrogen) atoms. The predicted molar refractivity (Wildman–Crippen MR) is 53.7 cm³/mol. The molecule has 76 valence electrons. The first-order valence-electron chi connectivity index (χ1n) is 5.00. The Balaban J connectivity index is 2.26. The van der Waals surface area contributed by atoms with Crippen molar-refractivity contribution in [2.75, 3.05) is 13.6 Å². The molecule has 0 atom stereocenters. The molecule has 1 fully saturated rings. The first-order chi connectivity index (χ1) is 6.72. The second kappa shape index (κ2) is 3.58. The number of carbonyl (C=O) groups is 1. The van der Waals surface area contributed by atoms with Gasteiger partial charge in [0.25, 0.3) is 0 Å². The summed E-state index contributed by atoms with van der Waals surface area (Å²) in [5, 5.41) is 2.85. The van der Waals surface area contributed by atoms with Crippen LogP contribution in [-0.4, -0.2) is 19.4 Å². The molecule has 0 bridgehead atoms. The van der Waals surface area contributed by atoms with E-state index in [-0.39, 0.29) is 5.78 Å². The van der Waals surface area contributed by atoms with Crippen molar-refractivity contribution in [1.29, 1.82) is 0 Å². The van der Waals surface area contributed by atoms with E-state index in [1.165, 1.54) is 12.8 Å². The number of hydrogen-bond donors (Lipinski definition) is 1. The first-order valence-corrected chi connectivity index (χ1v) is 5.00. The highest BCUT2D eigenvalue weighted by molar-refractivity contribution is 5.96. The van der Waals surface area contributed by atoms with Crippen LogP contribution in [0.15, 0.2) is 10.5 Å². The summed E-state index contributed by atoms with van der Waals surface area (Å²) in [5.74, 6) is 2.04. The van der Waals surface area contributed by atoms with Gasteiger partial charge < -0.3 is 9.73 Å². The summed E-state index contributed by atoms with van der Waals surface area (Å²) in [7, 11) is 1.77. The van der Waals surface area contributed by atoms with Crippen molar-refractivity contribution >= 4 is 5.78 Å². The second-order valence-corrected chi connectivity index (χ2v) is 3.87. The third-order valence-electron chi connectivity index (χ3n) is 2.49. The van der Waals surface area contributed by atoms with Crippen molar-refractivity contribution in [2.45, 2.75) is 25.7 Å². The summed E-state index contributed by atoms with van der Waals surface area (Å²) < 4.78 is 5.44. The molecular weight excluding hydrogens is 178 g/mol.